The molecule has 4 rings (SSSR count). The fraction of sp³-hybridized carbons (Fsp3) is 0.769. The van der Waals surface area contributed by atoms with E-state index in [9.17, 15) is 0 Å². The molecule has 3 saturated carbocycles. The van der Waals surface area contributed by atoms with Crippen LogP contribution in [0.2, 0.25) is 0 Å². The zero-order valence-electron chi connectivity index (χ0n) is 9.67. The van der Waals surface area contributed by atoms with E-state index in [1.165, 1.54) is 25.7 Å². The van der Waals surface area contributed by atoms with Crippen LogP contribution >= 0.6 is 0 Å². The Bertz CT molecular complexity index is 489. The van der Waals surface area contributed by atoms with Crippen LogP contribution in [-0.2, 0) is 0 Å². The molecule has 0 radical (unpaired) electrons. The first-order valence-corrected chi connectivity index (χ1v) is 6.58. The first-order chi connectivity index (χ1) is 8.35. The lowest BCUT2D eigenvalue weighted by Crippen LogP contribution is -2.10. The molecular formula is C13H15N3O. The number of nitriles is 1. The van der Waals surface area contributed by atoms with Crippen molar-refractivity contribution in [2.45, 2.75) is 43.9 Å². The number of hydrogen-bond acceptors (Lipinski definition) is 4. The third-order valence-electron chi connectivity index (χ3n) is 4.80. The summed E-state index contributed by atoms with van der Waals surface area (Å²) >= 11 is 0. The highest BCUT2D eigenvalue weighted by Crippen LogP contribution is 2.53. The molecule has 1 heterocycles. The summed E-state index contributed by atoms with van der Waals surface area (Å²) in [5, 5.41) is 13.0. The van der Waals surface area contributed by atoms with Crippen LogP contribution in [0, 0.1) is 29.1 Å². The molecule has 88 valence electrons. The standard InChI is InChI=1S/C13H15N3O/c14-6-9-5-11(9)13-15-12(16-17-13)10-4-7-1-2-8(10)3-7/h7-11H,1-5H2. The predicted molar refractivity (Wildman–Crippen MR) is 58.9 cm³/mol. The van der Waals surface area contributed by atoms with Gasteiger partial charge >= 0.3 is 0 Å². The average molecular weight is 229 g/mol. The third-order valence-corrected chi connectivity index (χ3v) is 4.80. The highest BCUT2D eigenvalue weighted by Gasteiger charge is 2.45. The van der Waals surface area contributed by atoms with Gasteiger partial charge in [-0.05, 0) is 37.5 Å². The Hall–Kier alpha value is -1.37. The topological polar surface area (TPSA) is 62.7 Å². The Labute approximate surface area is 100 Å². The van der Waals surface area contributed by atoms with E-state index < -0.39 is 0 Å². The largest absolute Gasteiger partial charge is 0.339 e. The Balaban J connectivity index is 1.54. The van der Waals surface area contributed by atoms with Crippen molar-refractivity contribution >= 4 is 0 Å². The monoisotopic (exact) mass is 229 g/mol. The van der Waals surface area contributed by atoms with E-state index >= 15 is 0 Å². The second-order valence-electron chi connectivity index (χ2n) is 5.85. The van der Waals surface area contributed by atoms with Crippen LogP contribution < -0.4 is 0 Å². The molecule has 5 unspecified atom stereocenters. The minimum atomic E-state index is 0.114. The van der Waals surface area contributed by atoms with Gasteiger partial charge in [-0.15, -0.1) is 0 Å². The van der Waals surface area contributed by atoms with Crippen LogP contribution in [0.15, 0.2) is 4.52 Å². The van der Waals surface area contributed by atoms with Gasteiger partial charge in [-0.3, -0.25) is 0 Å². The van der Waals surface area contributed by atoms with Gasteiger partial charge in [0.25, 0.3) is 0 Å². The van der Waals surface area contributed by atoms with Gasteiger partial charge < -0.3 is 4.52 Å². The van der Waals surface area contributed by atoms with Crippen LogP contribution in [0.4, 0.5) is 0 Å². The summed E-state index contributed by atoms with van der Waals surface area (Å²) in [6.07, 6.45) is 6.23. The minimum Gasteiger partial charge on any atom is -0.339 e. The first-order valence-electron chi connectivity index (χ1n) is 6.58. The molecule has 3 fully saturated rings. The summed E-state index contributed by atoms with van der Waals surface area (Å²) in [6.45, 7) is 0. The third kappa shape index (κ3) is 1.41. The molecular weight excluding hydrogens is 214 g/mol. The zero-order valence-corrected chi connectivity index (χ0v) is 9.67. The van der Waals surface area contributed by atoms with E-state index in [-0.39, 0.29) is 11.8 Å². The van der Waals surface area contributed by atoms with Crippen molar-refractivity contribution in [3.8, 4) is 6.07 Å². The number of hydrogen-bond donors (Lipinski definition) is 0. The summed E-state index contributed by atoms with van der Waals surface area (Å²) in [6, 6.07) is 2.27. The maximum atomic E-state index is 8.80. The molecule has 1 aromatic rings. The van der Waals surface area contributed by atoms with Crippen molar-refractivity contribution < 1.29 is 4.52 Å². The van der Waals surface area contributed by atoms with E-state index in [0.717, 1.165) is 24.1 Å². The first kappa shape index (κ1) is 9.64. The SMILES string of the molecule is N#CC1CC1c1nc(C2CC3CCC2C3)no1. The Morgan fingerprint density at radius 1 is 1.18 bits per heavy atom. The van der Waals surface area contributed by atoms with Crippen LogP contribution in [0.25, 0.3) is 0 Å². The van der Waals surface area contributed by atoms with Gasteiger partial charge in [0, 0.05) is 5.92 Å². The predicted octanol–water partition coefficient (Wildman–Crippen LogP) is 2.60. The molecule has 2 bridgehead atoms. The average Bonchev–Trinajstić information content (AvgIpc) is 2.78. The Morgan fingerprint density at radius 3 is 2.76 bits per heavy atom. The highest BCUT2D eigenvalue weighted by atomic mass is 16.5. The summed E-state index contributed by atoms with van der Waals surface area (Å²) in [5.41, 5.74) is 0. The van der Waals surface area contributed by atoms with Crippen LogP contribution in [-0.4, -0.2) is 10.1 Å². The summed E-state index contributed by atoms with van der Waals surface area (Å²) < 4.78 is 5.33. The second-order valence-corrected chi connectivity index (χ2v) is 5.85. The fourth-order valence-electron chi connectivity index (χ4n) is 3.72. The highest BCUT2D eigenvalue weighted by molar-refractivity contribution is 5.16. The van der Waals surface area contributed by atoms with Gasteiger partial charge in [-0.2, -0.15) is 10.2 Å². The molecule has 17 heavy (non-hydrogen) atoms. The Morgan fingerprint density at radius 2 is 2.12 bits per heavy atom. The van der Waals surface area contributed by atoms with Crippen molar-refractivity contribution in [3.63, 3.8) is 0 Å². The fourth-order valence-corrected chi connectivity index (χ4v) is 3.72. The van der Waals surface area contributed by atoms with E-state index in [2.05, 4.69) is 16.2 Å². The van der Waals surface area contributed by atoms with E-state index in [1.807, 2.05) is 0 Å². The lowest BCUT2D eigenvalue weighted by atomic mass is 9.88. The van der Waals surface area contributed by atoms with Crippen molar-refractivity contribution in [2.24, 2.45) is 17.8 Å². The van der Waals surface area contributed by atoms with Gasteiger partial charge in [0.2, 0.25) is 5.89 Å². The van der Waals surface area contributed by atoms with Crippen LogP contribution in [0.1, 0.15) is 55.7 Å². The summed E-state index contributed by atoms with van der Waals surface area (Å²) in [5.74, 6) is 4.18. The van der Waals surface area contributed by atoms with Crippen molar-refractivity contribution in [1.29, 1.82) is 5.26 Å². The normalized spacial score (nSPS) is 42.6. The second kappa shape index (κ2) is 3.32. The molecule has 4 heteroatoms. The van der Waals surface area contributed by atoms with Gasteiger partial charge in [0.1, 0.15) is 0 Å². The van der Waals surface area contributed by atoms with Crippen LogP contribution in [0.5, 0.6) is 0 Å². The molecule has 3 aliphatic carbocycles. The molecule has 1 aromatic heterocycles. The maximum Gasteiger partial charge on any atom is 0.231 e. The van der Waals surface area contributed by atoms with Gasteiger partial charge in [-0.1, -0.05) is 11.6 Å². The van der Waals surface area contributed by atoms with Gasteiger partial charge in [-0.25, -0.2) is 0 Å². The van der Waals surface area contributed by atoms with E-state index in [4.69, 9.17) is 9.78 Å². The number of fused-ring (bicyclic) bond motifs is 2. The van der Waals surface area contributed by atoms with Crippen LogP contribution in [0.3, 0.4) is 0 Å². The maximum absolute atomic E-state index is 8.80. The summed E-state index contributed by atoms with van der Waals surface area (Å²) in [4.78, 5) is 4.54. The molecule has 0 N–H and O–H groups in total. The smallest absolute Gasteiger partial charge is 0.231 e. The molecule has 4 nitrogen and oxygen atoms in total. The van der Waals surface area contributed by atoms with Crippen molar-refractivity contribution in [2.75, 3.05) is 0 Å². The minimum absolute atomic E-state index is 0.114. The molecule has 5 atom stereocenters. The molecule has 0 spiro atoms. The quantitative estimate of drug-likeness (QED) is 0.782. The summed E-state index contributed by atoms with van der Waals surface area (Å²) in [7, 11) is 0. The van der Waals surface area contributed by atoms with E-state index in [0.29, 0.717) is 11.8 Å². The zero-order chi connectivity index (χ0) is 11.4. The van der Waals surface area contributed by atoms with E-state index in [1.54, 1.807) is 0 Å². The molecule has 0 saturated heterocycles. The molecule has 0 aromatic carbocycles. The molecule has 0 aliphatic heterocycles. The van der Waals surface area contributed by atoms with Gasteiger partial charge in [0.05, 0.1) is 17.9 Å². The lowest BCUT2D eigenvalue weighted by Gasteiger charge is -2.17. The number of aromatic nitrogens is 2. The lowest BCUT2D eigenvalue weighted by molar-refractivity contribution is 0.351. The van der Waals surface area contributed by atoms with Gasteiger partial charge in [0.15, 0.2) is 5.82 Å². The Kier molecular flexibility index (Phi) is 1.88. The van der Waals surface area contributed by atoms with Crippen molar-refractivity contribution in [3.05, 3.63) is 11.7 Å². The number of rotatable bonds is 2. The molecule has 0 amide bonds. The number of nitrogens with zero attached hydrogens (tertiary/aromatic N) is 3. The molecule has 3 aliphatic rings. The van der Waals surface area contributed by atoms with Crippen molar-refractivity contribution in [1.82, 2.24) is 10.1 Å².